The van der Waals surface area contributed by atoms with E-state index in [1.54, 1.807) is 6.92 Å². The lowest BCUT2D eigenvalue weighted by atomic mass is 10.0. The van der Waals surface area contributed by atoms with Crippen molar-refractivity contribution in [2.75, 3.05) is 13.2 Å². The van der Waals surface area contributed by atoms with Gasteiger partial charge in [0.05, 0.1) is 13.2 Å². The van der Waals surface area contributed by atoms with Gasteiger partial charge in [-0.1, -0.05) is 116 Å². The van der Waals surface area contributed by atoms with Gasteiger partial charge in [-0.2, -0.15) is 13.8 Å². The SMILES string of the molecule is CCCCCCCCCCCCCCCCCCCCOP1(=O)OC[C@H]2O[C@@H](n3ccc(C)nc3=O)C(F)(F)[C@@H]2O1. The fraction of sp³-hybridized carbons (Fsp3) is 0.867. The highest BCUT2D eigenvalue weighted by Crippen LogP contribution is 2.59. The second-order valence-corrected chi connectivity index (χ2v) is 13.2. The lowest BCUT2D eigenvalue weighted by molar-refractivity contribution is -0.138. The summed E-state index contributed by atoms with van der Waals surface area (Å²) in [6.07, 6.45) is 18.9. The Balaban J connectivity index is 1.20. The van der Waals surface area contributed by atoms with Gasteiger partial charge in [-0.3, -0.25) is 18.1 Å². The highest BCUT2D eigenvalue weighted by atomic mass is 31.2. The van der Waals surface area contributed by atoms with Crippen LogP contribution in [0.2, 0.25) is 0 Å². The van der Waals surface area contributed by atoms with Crippen molar-refractivity contribution in [3.63, 3.8) is 0 Å². The van der Waals surface area contributed by atoms with Gasteiger partial charge in [-0.25, -0.2) is 9.36 Å². The molecule has 0 aromatic carbocycles. The van der Waals surface area contributed by atoms with Crippen LogP contribution in [0.15, 0.2) is 17.1 Å². The number of nitrogens with zero attached hydrogens (tertiary/aromatic N) is 2. The van der Waals surface area contributed by atoms with E-state index in [2.05, 4.69) is 11.9 Å². The number of halogens is 2. The molecular formula is C30H51F2N2O6P. The molecule has 0 amide bonds. The maximum atomic E-state index is 15.2. The summed E-state index contributed by atoms with van der Waals surface area (Å²) in [5.41, 5.74) is -0.454. The number of fused-ring (bicyclic) bond motifs is 1. The lowest BCUT2D eigenvalue weighted by Gasteiger charge is -2.31. The fourth-order valence-electron chi connectivity index (χ4n) is 5.49. The van der Waals surface area contributed by atoms with Crippen molar-refractivity contribution < 1.29 is 31.7 Å². The first-order valence-electron chi connectivity index (χ1n) is 15.9. The summed E-state index contributed by atoms with van der Waals surface area (Å²) < 4.78 is 64.9. The molecule has 1 aromatic heterocycles. The minimum atomic E-state index is -4.16. The van der Waals surface area contributed by atoms with Crippen LogP contribution in [0.25, 0.3) is 0 Å². The normalized spacial score (nSPS) is 25.4. The Morgan fingerprint density at radius 3 is 1.95 bits per heavy atom. The minimum absolute atomic E-state index is 0.102. The summed E-state index contributed by atoms with van der Waals surface area (Å²) in [6, 6.07) is 1.44. The second kappa shape index (κ2) is 17.8. The number of phosphoric ester groups is 1. The number of aromatic nitrogens is 2. The molecule has 0 radical (unpaired) electrons. The summed E-state index contributed by atoms with van der Waals surface area (Å²) in [4.78, 5) is 15.8. The molecule has 0 aliphatic carbocycles. The number of alkyl halides is 2. The van der Waals surface area contributed by atoms with Gasteiger partial charge >= 0.3 is 19.4 Å². The number of hydrogen-bond donors (Lipinski definition) is 0. The molecule has 11 heteroatoms. The van der Waals surface area contributed by atoms with Gasteiger partial charge in [0.1, 0.15) is 6.10 Å². The van der Waals surface area contributed by atoms with Crippen molar-refractivity contribution in [2.45, 2.75) is 154 Å². The molecule has 2 saturated heterocycles. The third-order valence-electron chi connectivity index (χ3n) is 7.96. The van der Waals surface area contributed by atoms with Gasteiger partial charge in [0.2, 0.25) is 6.23 Å². The number of phosphoric acid groups is 1. The molecule has 2 aliphatic heterocycles. The van der Waals surface area contributed by atoms with E-state index in [0.717, 1.165) is 23.8 Å². The molecule has 4 atom stereocenters. The quantitative estimate of drug-likeness (QED) is 0.102. The predicted octanol–water partition coefficient (Wildman–Crippen LogP) is 8.67. The molecule has 0 N–H and O–H groups in total. The van der Waals surface area contributed by atoms with Crippen LogP contribution in [-0.4, -0.2) is 40.9 Å². The van der Waals surface area contributed by atoms with Gasteiger partial charge in [-0.15, -0.1) is 0 Å². The number of rotatable bonds is 21. The number of ether oxygens (including phenoxy) is 1. The summed E-state index contributed by atoms with van der Waals surface area (Å²) in [5, 5.41) is 0. The molecule has 0 bridgehead atoms. The number of aryl methyl sites for hydroxylation is 1. The molecular weight excluding hydrogens is 553 g/mol. The smallest absolute Gasteiger partial charge is 0.343 e. The van der Waals surface area contributed by atoms with Crippen LogP contribution < -0.4 is 5.69 Å². The molecule has 8 nitrogen and oxygen atoms in total. The highest BCUT2D eigenvalue weighted by molar-refractivity contribution is 7.48. The minimum Gasteiger partial charge on any atom is -0.343 e. The topological polar surface area (TPSA) is 88.9 Å². The molecule has 3 heterocycles. The van der Waals surface area contributed by atoms with Crippen LogP contribution in [0.5, 0.6) is 0 Å². The molecule has 2 aliphatic rings. The van der Waals surface area contributed by atoms with Crippen LogP contribution in [0, 0.1) is 6.92 Å². The molecule has 1 aromatic rings. The number of hydrogen-bond acceptors (Lipinski definition) is 7. The third kappa shape index (κ3) is 11.1. The van der Waals surface area contributed by atoms with E-state index in [1.165, 1.54) is 102 Å². The van der Waals surface area contributed by atoms with Gasteiger partial charge < -0.3 is 4.74 Å². The predicted molar refractivity (Wildman–Crippen MR) is 155 cm³/mol. The van der Waals surface area contributed by atoms with Crippen molar-refractivity contribution in [3.05, 3.63) is 28.4 Å². The fourth-order valence-corrected chi connectivity index (χ4v) is 6.92. The summed E-state index contributed by atoms with van der Waals surface area (Å²) >= 11 is 0. The van der Waals surface area contributed by atoms with Crippen molar-refractivity contribution in [2.24, 2.45) is 0 Å². The van der Waals surface area contributed by atoms with Crippen LogP contribution in [0.3, 0.4) is 0 Å². The molecule has 2 fully saturated rings. The van der Waals surface area contributed by atoms with E-state index in [-0.39, 0.29) is 13.2 Å². The molecule has 3 rings (SSSR count). The number of unbranched alkanes of at least 4 members (excludes halogenated alkanes) is 17. The van der Waals surface area contributed by atoms with Crippen molar-refractivity contribution in [1.29, 1.82) is 0 Å². The van der Waals surface area contributed by atoms with E-state index in [0.29, 0.717) is 12.1 Å². The Kier molecular flexibility index (Phi) is 14.9. The monoisotopic (exact) mass is 604 g/mol. The largest absolute Gasteiger partial charge is 0.475 e. The van der Waals surface area contributed by atoms with Crippen LogP contribution >= 0.6 is 7.82 Å². The highest BCUT2D eigenvalue weighted by Gasteiger charge is 2.65. The van der Waals surface area contributed by atoms with Crippen molar-refractivity contribution in [3.8, 4) is 0 Å². The van der Waals surface area contributed by atoms with Crippen molar-refractivity contribution >= 4 is 7.82 Å². The first-order chi connectivity index (χ1) is 19.8. The van der Waals surface area contributed by atoms with Gasteiger partial charge in [-0.05, 0) is 19.4 Å². The first kappa shape index (κ1) is 34.3. The van der Waals surface area contributed by atoms with Gasteiger partial charge in [0.15, 0.2) is 6.10 Å². The Bertz CT molecular complexity index is 994. The zero-order valence-corrected chi connectivity index (χ0v) is 26.0. The van der Waals surface area contributed by atoms with Crippen LogP contribution in [-0.2, 0) is 22.9 Å². The second-order valence-electron chi connectivity index (χ2n) is 11.6. The molecule has 0 saturated carbocycles. The average molecular weight is 605 g/mol. The summed E-state index contributed by atoms with van der Waals surface area (Å²) in [5.74, 6) is -3.62. The molecule has 41 heavy (non-hydrogen) atoms. The maximum absolute atomic E-state index is 15.2. The lowest BCUT2D eigenvalue weighted by Crippen LogP contribution is -2.45. The summed E-state index contributed by atoms with van der Waals surface area (Å²) in [7, 11) is -4.16. The molecule has 1 unspecified atom stereocenters. The molecule has 236 valence electrons. The van der Waals surface area contributed by atoms with E-state index < -0.39 is 37.9 Å². The first-order valence-corrected chi connectivity index (χ1v) is 17.4. The summed E-state index contributed by atoms with van der Waals surface area (Å²) in [6.45, 7) is 3.58. The van der Waals surface area contributed by atoms with Gasteiger partial charge in [0, 0.05) is 11.9 Å². The maximum Gasteiger partial charge on any atom is 0.475 e. The standard InChI is InChI=1S/C30H51F2N2O6P/c1-3-4-5-6-7-8-9-10-11-12-13-14-15-16-17-18-19-20-23-37-41(36)38-24-26-27(40-41)30(31,32)28(39-26)34-22-21-25(2)33-29(34)35/h21-22,26-28H,3-20,23-24H2,1-2H3/t26-,27-,28-,41?/m1/s1. The molecule has 0 spiro atoms. The zero-order chi connectivity index (χ0) is 29.6. The average Bonchev–Trinajstić information content (AvgIpc) is 3.19. The van der Waals surface area contributed by atoms with Crippen molar-refractivity contribution in [1.82, 2.24) is 9.55 Å². The Morgan fingerprint density at radius 2 is 1.44 bits per heavy atom. The Labute approximate surface area is 244 Å². The Morgan fingerprint density at radius 1 is 0.927 bits per heavy atom. The Hall–Kier alpha value is -1.19. The van der Waals surface area contributed by atoms with E-state index >= 15 is 8.78 Å². The van der Waals surface area contributed by atoms with Crippen LogP contribution in [0.4, 0.5) is 8.78 Å². The van der Waals surface area contributed by atoms with E-state index in [1.807, 2.05) is 0 Å². The van der Waals surface area contributed by atoms with E-state index in [9.17, 15) is 9.36 Å². The third-order valence-corrected chi connectivity index (χ3v) is 9.41. The van der Waals surface area contributed by atoms with Crippen LogP contribution in [0.1, 0.15) is 134 Å². The van der Waals surface area contributed by atoms with Gasteiger partial charge in [0.25, 0.3) is 0 Å². The zero-order valence-electron chi connectivity index (χ0n) is 25.1. The van der Waals surface area contributed by atoms with E-state index in [4.69, 9.17) is 18.3 Å².